The predicted octanol–water partition coefficient (Wildman–Crippen LogP) is 3.58. The highest BCUT2D eigenvalue weighted by Crippen LogP contribution is 2.28. The fourth-order valence-corrected chi connectivity index (χ4v) is 2.66. The Kier molecular flexibility index (Phi) is 4.10. The summed E-state index contributed by atoms with van der Waals surface area (Å²) >= 11 is 0. The van der Waals surface area contributed by atoms with E-state index in [1.165, 1.54) is 0 Å². The van der Waals surface area contributed by atoms with Crippen molar-refractivity contribution in [3.05, 3.63) is 60.6 Å². The summed E-state index contributed by atoms with van der Waals surface area (Å²) in [6, 6.07) is 13.5. The predicted molar refractivity (Wildman–Crippen MR) is 102 cm³/mol. The Morgan fingerprint density at radius 2 is 1.77 bits per heavy atom. The molecule has 4 aromatic heterocycles. The van der Waals surface area contributed by atoms with Gasteiger partial charge in [0.15, 0.2) is 5.65 Å². The molecule has 4 rings (SSSR count). The highest BCUT2D eigenvalue weighted by molar-refractivity contribution is 5.92. The third kappa shape index (κ3) is 3.14. The number of aryl methyl sites for hydroxylation is 1. The van der Waals surface area contributed by atoms with Crippen molar-refractivity contribution in [3.63, 3.8) is 0 Å². The standard InChI is InChI=1S/C19H17N7/c1-12-5-3-7-14(23-12)16-11-15(13-6-4-9-21-18(13)25-16)24-17-8-10-22-19(20-2)26-17/h3-11H,1-2H3,(H2,20,21,22,24,25,26). The van der Waals surface area contributed by atoms with Crippen molar-refractivity contribution in [1.82, 2.24) is 24.9 Å². The fourth-order valence-electron chi connectivity index (χ4n) is 2.66. The van der Waals surface area contributed by atoms with Crippen LogP contribution in [0.2, 0.25) is 0 Å². The number of aromatic nitrogens is 5. The number of nitrogens with zero attached hydrogens (tertiary/aromatic N) is 5. The Morgan fingerprint density at radius 1 is 0.846 bits per heavy atom. The van der Waals surface area contributed by atoms with Crippen molar-refractivity contribution >= 4 is 28.5 Å². The first-order valence-electron chi connectivity index (χ1n) is 8.20. The summed E-state index contributed by atoms with van der Waals surface area (Å²) in [7, 11) is 1.78. The Labute approximate surface area is 150 Å². The van der Waals surface area contributed by atoms with E-state index in [9.17, 15) is 0 Å². The molecule has 4 heterocycles. The summed E-state index contributed by atoms with van der Waals surface area (Å²) in [4.78, 5) is 22.2. The molecule has 0 bridgehead atoms. The first-order valence-corrected chi connectivity index (χ1v) is 8.20. The molecule has 0 aliphatic rings. The summed E-state index contributed by atoms with van der Waals surface area (Å²) in [5.74, 6) is 1.23. The van der Waals surface area contributed by atoms with Gasteiger partial charge in [0, 0.05) is 30.5 Å². The molecule has 4 aromatic rings. The Bertz CT molecular complexity index is 1080. The van der Waals surface area contributed by atoms with Gasteiger partial charge in [0.2, 0.25) is 5.95 Å². The lowest BCUT2D eigenvalue weighted by Gasteiger charge is -2.11. The highest BCUT2D eigenvalue weighted by atomic mass is 15.1. The zero-order chi connectivity index (χ0) is 17.9. The molecule has 26 heavy (non-hydrogen) atoms. The molecular weight excluding hydrogens is 326 g/mol. The SMILES string of the molecule is CNc1nccc(Nc2cc(-c3cccc(C)n3)nc3ncccc23)n1. The average molecular weight is 343 g/mol. The largest absolute Gasteiger partial charge is 0.357 e. The van der Waals surface area contributed by atoms with Crippen LogP contribution in [0.4, 0.5) is 17.5 Å². The van der Waals surface area contributed by atoms with Gasteiger partial charge in [0.25, 0.3) is 0 Å². The van der Waals surface area contributed by atoms with E-state index < -0.39 is 0 Å². The van der Waals surface area contributed by atoms with Crippen LogP contribution in [-0.2, 0) is 0 Å². The zero-order valence-corrected chi connectivity index (χ0v) is 14.4. The van der Waals surface area contributed by atoms with Gasteiger partial charge in [-0.2, -0.15) is 4.98 Å². The second kappa shape index (κ2) is 6.72. The third-order valence-corrected chi connectivity index (χ3v) is 3.88. The molecule has 0 radical (unpaired) electrons. The van der Waals surface area contributed by atoms with Crippen molar-refractivity contribution in [2.75, 3.05) is 17.7 Å². The summed E-state index contributed by atoms with van der Waals surface area (Å²) in [6.45, 7) is 1.96. The molecule has 0 atom stereocenters. The van der Waals surface area contributed by atoms with Crippen molar-refractivity contribution in [2.45, 2.75) is 6.92 Å². The first kappa shape index (κ1) is 15.9. The molecular formula is C19H17N7. The summed E-state index contributed by atoms with van der Waals surface area (Å²) in [5, 5.41) is 7.20. The molecule has 0 aliphatic carbocycles. The van der Waals surface area contributed by atoms with Crippen molar-refractivity contribution in [3.8, 4) is 11.4 Å². The van der Waals surface area contributed by atoms with Crippen LogP contribution in [-0.4, -0.2) is 32.0 Å². The van der Waals surface area contributed by atoms with Gasteiger partial charge in [-0.25, -0.2) is 15.0 Å². The maximum atomic E-state index is 4.66. The topological polar surface area (TPSA) is 88.5 Å². The van der Waals surface area contributed by atoms with Crippen molar-refractivity contribution < 1.29 is 0 Å². The Morgan fingerprint density at radius 3 is 2.62 bits per heavy atom. The van der Waals surface area contributed by atoms with Crippen molar-refractivity contribution in [1.29, 1.82) is 0 Å². The maximum absolute atomic E-state index is 4.66. The van der Waals surface area contributed by atoms with E-state index in [1.807, 2.05) is 49.4 Å². The molecule has 0 unspecified atom stereocenters. The molecule has 0 aromatic carbocycles. The third-order valence-electron chi connectivity index (χ3n) is 3.88. The molecule has 0 fully saturated rings. The number of hydrogen-bond acceptors (Lipinski definition) is 7. The number of rotatable bonds is 4. The van der Waals surface area contributed by atoms with Crippen LogP contribution >= 0.6 is 0 Å². The Balaban J connectivity index is 1.84. The number of nitrogens with one attached hydrogen (secondary N) is 2. The zero-order valence-electron chi connectivity index (χ0n) is 14.4. The monoisotopic (exact) mass is 343 g/mol. The minimum atomic E-state index is 0.548. The number of anilines is 3. The quantitative estimate of drug-likeness (QED) is 0.585. The van der Waals surface area contributed by atoms with Crippen LogP contribution < -0.4 is 10.6 Å². The highest BCUT2D eigenvalue weighted by Gasteiger charge is 2.10. The normalized spacial score (nSPS) is 10.7. The second-order valence-corrected chi connectivity index (χ2v) is 5.73. The van der Waals surface area contributed by atoms with Crippen LogP contribution in [0.5, 0.6) is 0 Å². The van der Waals surface area contributed by atoms with E-state index >= 15 is 0 Å². The minimum Gasteiger partial charge on any atom is -0.357 e. The lowest BCUT2D eigenvalue weighted by atomic mass is 10.1. The van der Waals surface area contributed by atoms with Gasteiger partial charge >= 0.3 is 0 Å². The van der Waals surface area contributed by atoms with Crippen molar-refractivity contribution in [2.24, 2.45) is 0 Å². The van der Waals surface area contributed by atoms with Gasteiger partial charge in [0.05, 0.1) is 17.1 Å². The molecule has 7 nitrogen and oxygen atoms in total. The van der Waals surface area contributed by atoms with E-state index in [2.05, 4.69) is 35.6 Å². The van der Waals surface area contributed by atoms with Gasteiger partial charge in [-0.3, -0.25) is 4.98 Å². The Hall–Kier alpha value is -3.61. The van der Waals surface area contributed by atoms with Gasteiger partial charge in [-0.05, 0) is 43.3 Å². The lowest BCUT2D eigenvalue weighted by Crippen LogP contribution is -2.01. The molecule has 0 spiro atoms. The van der Waals surface area contributed by atoms with E-state index in [1.54, 1.807) is 19.4 Å². The summed E-state index contributed by atoms with van der Waals surface area (Å²) in [6.07, 6.45) is 3.43. The van der Waals surface area contributed by atoms with Gasteiger partial charge in [-0.1, -0.05) is 6.07 Å². The molecule has 7 heteroatoms. The van der Waals surface area contributed by atoms with E-state index in [0.29, 0.717) is 17.4 Å². The van der Waals surface area contributed by atoms with Gasteiger partial charge in [-0.15, -0.1) is 0 Å². The van der Waals surface area contributed by atoms with Crippen LogP contribution in [0.3, 0.4) is 0 Å². The number of pyridine rings is 3. The molecule has 0 amide bonds. The van der Waals surface area contributed by atoms with Crippen LogP contribution in [0.1, 0.15) is 5.69 Å². The maximum Gasteiger partial charge on any atom is 0.224 e. The average Bonchev–Trinajstić information content (AvgIpc) is 2.68. The lowest BCUT2D eigenvalue weighted by molar-refractivity contribution is 1.15. The number of hydrogen-bond donors (Lipinski definition) is 2. The summed E-state index contributed by atoms with van der Waals surface area (Å²) in [5.41, 5.74) is 4.01. The minimum absolute atomic E-state index is 0.548. The van der Waals surface area contributed by atoms with Gasteiger partial charge < -0.3 is 10.6 Å². The van der Waals surface area contributed by atoms with Crippen LogP contribution in [0, 0.1) is 6.92 Å². The smallest absolute Gasteiger partial charge is 0.224 e. The number of fused-ring (bicyclic) bond motifs is 1. The van der Waals surface area contributed by atoms with E-state index in [-0.39, 0.29) is 0 Å². The first-order chi connectivity index (χ1) is 12.7. The summed E-state index contributed by atoms with van der Waals surface area (Å²) < 4.78 is 0. The van der Waals surface area contributed by atoms with E-state index in [0.717, 1.165) is 28.2 Å². The molecule has 0 saturated carbocycles. The van der Waals surface area contributed by atoms with Crippen LogP contribution in [0.25, 0.3) is 22.4 Å². The van der Waals surface area contributed by atoms with Gasteiger partial charge in [0.1, 0.15) is 5.82 Å². The molecule has 0 aliphatic heterocycles. The van der Waals surface area contributed by atoms with Crippen LogP contribution in [0.15, 0.2) is 54.9 Å². The second-order valence-electron chi connectivity index (χ2n) is 5.73. The molecule has 128 valence electrons. The molecule has 2 N–H and O–H groups in total. The van der Waals surface area contributed by atoms with E-state index in [4.69, 9.17) is 0 Å². The molecule has 0 saturated heterocycles. The fraction of sp³-hybridized carbons (Fsp3) is 0.105.